The van der Waals surface area contributed by atoms with Crippen LogP contribution in [0.15, 0.2) is 54.7 Å². The Labute approximate surface area is 165 Å². The van der Waals surface area contributed by atoms with Crippen LogP contribution in [-0.2, 0) is 17.8 Å². The topological polar surface area (TPSA) is 50.2 Å². The molecule has 1 aliphatic rings. The van der Waals surface area contributed by atoms with E-state index in [9.17, 15) is 18.0 Å². The number of aromatic nitrogens is 2. The van der Waals surface area contributed by atoms with Crippen molar-refractivity contribution in [2.45, 2.75) is 19.1 Å². The molecule has 2 heterocycles. The van der Waals surface area contributed by atoms with Gasteiger partial charge in [-0.25, -0.2) is 13.2 Å². The second-order valence-electron chi connectivity index (χ2n) is 7.04. The molecule has 0 atom stereocenters. The third kappa shape index (κ3) is 4.59. The van der Waals surface area contributed by atoms with Gasteiger partial charge in [0.15, 0.2) is 17.5 Å². The van der Waals surface area contributed by atoms with Crippen molar-refractivity contribution in [2.75, 3.05) is 23.3 Å². The van der Waals surface area contributed by atoms with Crippen LogP contribution < -0.4 is 10.2 Å². The van der Waals surface area contributed by atoms with Crippen LogP contribution in [0.5, 0.6) is 0 Å². The summed E-state index contributed by atoms with van der Waals surface area (Å²) in [7, 11) is 0. The van der Waals surface area contributed by atoms with E-state index in [4.69, 9.17) is 0 Å². The number of nitrogens with zero attached hydrogens (tertiary/aromatic N) is 3. The third-order valence-corrected chi connectivity index (χ3v) is 4.74. The highest BCUT2D eigenvalue weighted by atomic mass is 19.2. The maximum absolute atomic E-state index is 13.3. The average molecular weight is 400 g/mol. The number of benzene rings is 2. The molecule has 0 aliphatic carbocycles. The van der Waals surface area contributed by atoms with Crippen molar-refractivity contribution in [1.29, 1.82) is 0 Å². The largest absolute Gasteiger partial charge is 0.366 e. The summed E-state index contributed by atoms with van der Waals surface area (Å²) in [5, 5.41) is 6.95. The lowest BCUT2D eigenvalue weighted by Crippen LogP contribution is -2.48. The number of hydrogen-bond donors (Lipinski definition) is 1. The van der Waals surface area contributed by atoms with Crippen molar-refractivity contribution in [2.24, 2.45) is 0 Å². The lowest BCUT2D eigenvalue weighted by atomic mass is 10.1. The van der Waals surface area contributed by atoms with Gasteiger partial charge < -0.3 is 10.2 Å². The molecule has 5 nitrogen and oxygen atoms in total. The molecule has 0 unspecified atom stereocenters. The van der Waals surface area contributed by atoms with Gasteiger partial charge in [0, 0.05) is 18.0 Å². The predicted octanol–water partition coefficient (Wildman–Crippen LogP) is 3.55. The van der Waals surface area contributed by atoms with Crippen molar-refractivity contribution in [3.8, 4) is 0 Å². The lowest BCUT2D eigenvalue weighted by Gasteiger charge is -2.36. The number of rotatable bonds is 6. The fourth-order valence-electron chi connectivity index (χ4n) is 3.17. The van der Waals surface area contributed by atoms with E-state index in [-0.39, 0.29) is 18.9 Å². The highest BCUT2D eigenvalue weighted by Gasteiger charge is 2.26. The van der Waals surface area contributed by atoms with Gasteiger partial charge in [-0.1, -0.05) is 18.2 Å². The first-order valence-corrected chi connectivity index (χ1v) is 9.21. The number of amides is 1. The van der Waals surface area contributed by atoms with Gasteiger partial charge >= 0.3 is 0 Å². The summed E-state index contributed by atoms with van der Waals surface area (Å²) in [6.07, 6.45) is 1.07. The van der Waals surface area contributed by atoms with E-state index in [0.717, 1.165) is 23.4 Å². The Morgan fingerprint density at radius 2 is 1.76 bits per heavy atom. The van der Waals surface area contributed by atoms with Crippen molar-refractivity contribution < 1.29 is 18.0 Å². The number of carbonyl (C=O) groups is 1. The van der Waals surface area contributed by atoms with Crippen LogP contribution in [0, 0.1) is 11.6 Å². The van der Waals surface area contributed by atoms with Crippen LogP contribution in [0.1, 0.15) is 11.1 Å². The molecule has 4 rings (SSSR count). The molecule has 0 spiro atoms. The molecule has 1 aliphatic heterocycles. The molecule has 8 heteroatoms. The fourth-order valence-corrected chi connectivity index (χ4v) is 3.17. The molecule has 1 aromatic heterocycles. The second kappa shape index (κ2) is 7.98. The van der Waals surface area contributed by atoms with Gasteiger partial charge in [-0.15, -0.1) is 0 Å². The minimum Gasteiger partial charge on any atom is -0.366 e. The van der Waals surface area contributed by atoms with Crippen molar-refractivity contribution in [3.05, 3.63) is 77.5 Å². The molecular formula is C21H19F3N4O. The molecule has 150 valence electrons. The van der Waals surface area contributed by atoms with Gasteiger partial charge in [0.25, 0.3) is 0 Å². The molecule has 1 fully saturated rings. The average Bonchev–Trinajstić information content (AvgIpc) is 3.09. The van der Waals surface area contributed by atoms with Crippen LogP contribution in [0.25, 0.3) is 0 Å². The quantitative estimate of drug-likeness (QED) is 0.689. The van der Waals surface area contributed by atoms with Crippen molar-refractivity contribution in [1.82, 2.24) is 9.78 Å². The fraction of sp³-hybridized carbons (Fsp3) is 0.238. The minimum atomic E-state index is -0.909. The maximum Gasteiger partial charge on any atom is 0.229 e. The van der Waals surface area contributed by atoms with Crippen LogP contribution in [0.3, 0.4) is 0 Å². The SMILES string of the molecule is O=C(Cc1ccc(N2CC(F)C2)cc1)Nc1ccn(Cc2ccc(F)c(F)c2)n1. The van der Waals surface area contributed by atoms with E-state index < -0.39 is 17.8 Å². The third-order valence-electron chi connectivity index (χ3n) is 4.74. The van der Waals surface area contributed by atoms with Crippen molar-refractivity contribution in [3.63, 3.8) is 0 Å². The monoisotopic (exact) mass is 400 g/mol. The molecular weight excluding hydrogens is 381 g/mol. The Balaban J connectivity index is 1.31. The van der Waals surface area contributed by atoms with Gasteiger partial charge in [-0.2, -0.15) is 5.10 Å². The Bertz CT molecular complexity index is 1010. The summed E-state index contributed by atoms with van der Waals surface area (Å²) in [5.41, 5.74) is 2.34. The maximum atomic E-state index is 13.3. The van der Waals surface area contributed by atoms with Gasteiger partial charge in [0.05, 0.1) is 26.1 Å². The zero-order chi connectivity index (χ0) is 20.4. The number of anilines is 2. The summed E-state index contributed by atoms with van der Waals surface area (Å²) in [6.45, 7) is 1.07. The Morgan fingerprint density at radius 3 is 2.45 bits per heavy atom. The van der Waals surface area contributed by atoms with Crippen molar-refractivity contribution >= 4 is 17.4 Å². The number of carbonyl (C=O) groups excluding carboxylic acids is 1. The normalized spacial score (nSPS) is 14.0. The zero-order valence-corrected chi connectivity index (χ0v) is 15.5. The molecule has 0 bridgehead atoms. The Hall–Kier alpha value is -3.29. The van der Waals surface area contributed by atoms with Gasteiger partial charge in [0.1, 0.15) is 6.17 Å². The van der Waals surface area contributed by atoms with E-state index in [2.05, 4.69) is 10.4 Å². The zero-order valence-electron chi connectivity index (χ0n) is 15.5. The highest BCUT2D eigenvalue weighted by molar-refractivity contribution is 5.91. The number of alkyl halides is 1. The number of hydrogen-bond acceptors (Lipinski definition) is 3. The van der Waals surface area contributed by atoms with Crippen LogP contribution >= 0.6 is 0 Å². The predicted molar refractivity (Wildman–Crippen MR) is 104 cm³/mol. The molecule has 0 radical (unpaired) electrons. The molecule has 29 heavy (non-hydrogen) atoms. The first-order chi connectivity index (χ1) is 14.0. The van der Waals surface area contributed by atoms with Crippen LogP contribution in [-0.4, -0.2) is 34.9 Å². The number of halogens is 3. The minimum absolute atomic E-state index is 0.183. The summed E-state index contributed by atoms with van der Waals surface area (Å²) in [6, 6.07) is 12.8. The lowest BCUT2D eigenvalue weighted by molar-refractivity contribution is -0.115. The first kappa shape index (κ1) is 19.0. The van der Waals surface area contributed by atoms with E-state index in [1.165, 1.54) is 10.7 Å². The Kier molecular flexibility index (Phi) is 5.24. The summed E-state index contributed by atoms with van der Waals surface area (Å²) in [5.74, 6) is -1.65. The van der Waals surface area contributed by atoms with Gasteiger partial charge in [0.2, 0.25) is 5.91 Å². The molecule has 1 N–H and O–H groups in total. The van der Waals surface area contributed by atoms with Gasteiger partial charge in [-0.05, 0) is 35.4 Å². The standard InChI is InChI=1S/C21H19F3N4O/c22-16-12-27(13-16)17-4-1-14(2-5-17)10-21(29)25-20-7-8-28(26-20)11-15-3-6-18(23)19(24)9-15/h1-9,16H,10-13H2,(H,25,26,29). The van der Waals surface area contributed by atoms with Crippen LogP contribution in [0.2, 0.25) is 0 Å². The van der Waals surface area contributed by atoms with E-state index in [0.29, 0.717) is 24.5 Å². The molecule has 3 aromatic rings. The van der Waals surface area contributed by atoms with E-state index >= 15 is 0 Å². The summed E-state index contributed by atoms with van der Waals surface area (Å²) < 4.78 is 40.8. The first-order valence-electron chi connectivity index (χ1n) is 9.21. The molecule has 0 saturated carbocycles. The van der Waals surface area contributed by atoms with E-state index in [1.54, 1.807) is 12.3 Å². The van der Waals surface area contributed by atoms with Crippen LogP contribution in [0.4, 0.5) is 24.7 Å². The smallest absolute Gasteiger partial charge is 0.229 e. The second-order valence-corrected chi connectivity index (χ2v) is 7.04. The molecule has 1 amide bonds. The highest BCUT2D eigenvalue weighted by Crippen LogP contribution is 2.23. The molecule has 1 saturated heterocycles. The molecule has 2 aromatic carbocycles. The number of nitrogens with one attached hydrogen (secondary N) is 1. The Morgan fingerprint density at radius 1 is 1.03 bits per heavy atom. The van der Waals surface area contributed by atoms with Gasteiger partial charge in [-0.3, -0.25) is 9.48 Å². The summed E-state index contributed by atoms with van der Waals surface area (Å²) in [4.78, 5) is 14.2. The summed E-state index contributed by atoms with van der Waals surface area (Å²) >= 11 is 0. The van der Waals surface area contributed by atoms with E-state index in [1.807, 2.05) is 29.2 Å².